The van der Waals surface area contributed by atoms with E-state index in [1.807, 2.05) is 43.3 Å². The summed E-state index contributed by atoms with van der Waals surface area (Å²) in [6.45, 7) is 7.55. The van der Waals surface area contributed by atoms with Crippen molar-refractivity contribution in [3.05, 3.63) is 64.6 Å². The number of thioether (sulfide) groups is 1. The summed E-state index contributed by atoms with van der Waals surface area (Å²) < 4.78 is 22.8. The van der Waals surface area contributed by atoms with Crippen molar-refractivity contribution in [2.75, 3.05) is 75.6 Å². The number of carbonyl (C=O) groups is 2. The van der Waals surface area contributed by atoms with Crippen molar-refractivity contribution in [2.24, 2.45) is 0 Å². The van der Waals surface area contributed by atoms with Crippen molar-refractivity contribution in [2.45, 2.75) is 6.92 Å². The number of rotatable bonds is 9. The number of carbonyl (C=O) groups excluding carboxylic acids is 2. The first kappa shape index (κ1) is 28.9. The van der Waals surface area contributed by atoms with Gasteiger partial charge in [0.2, 0.25) is 11.9 Å². The fourth-order valence-corrected chi connectivity index (χ4v) is 5.60. The summed E-state index contributed by atoms with van der Waals surface area (Å²) in [7, 11) is 0. The van der Waals surface area contributed by atoms with Crippen LogP contribution in [0.4, 0.5) is 16.7 Å². The van der Waals surface area contributed by atoms with Crippen LogP contribution >= 0.6 is 11.8 Å². The van der Waals surface area contributed by atoms with Gasteiger partial charge in [0.1, 0.15) is 18.1 Å². The number of amides is 2. The molecule has 3 aliphatic rings. The van der Waals surface area contributed by atoms with Gasteiger partial charge < -0.3 is 28.7 Å². The highest BCUT2D eigenvalue weighted by Crippen LogP contribution is 2.33. The van der Waals surface area contributed by atoms with E-state index in [9.17, 15) is 9.59 Å². The van der Waals surface area contributed by atoms with Crippen molar-refractivity contribution in [3.63, 3.8) is 0 Å². The maximum atomic E-state index is 12.9. The number of hydrogen-bond donors (Lipinski definition) is 0. The Morgan fingerprint density at radius 1 is 0.860 bits per heavy atom. The lowest BCUT2D eigenvalue weighted by molar-refractivity contribution is -0.123. The van der Waals surface area contributed by atoms with Crippen LogP contribution in [0.3, 0.4) is 0 Å². The highest BCUT2D eigenvalue weighted by atomic mass is 32.2. The van der Waals surface area contributed by atoms with Crippen molar-refractivity contribution in [1.82, 2.24) is 19.9 Å². The lowest BCUT2D eigenvalue weighted by Crippen LogP contribution is -2.40. The third-order valence-corrected chi connectivity index (χ3v) is 7.92. The van der Waals surface area contributed by atoms with E-state index < -0.39 is 0 Å². The van der Waals surface area contributed by atoms with Gasteiger partial charge in [-0.1, -0.05) is 24.3 Å². The molecule has 0 unspecified atom stereocenters. The number of ether oxygens (including phenoxy) is 4. The zero-order valence-electron chi connectivity index (χ0n) is 23.8. The first-order valence-corrected chi connectivity index (χ1v) is 15.0. The van der Waals surface area contributed by atoms with Crippen LogP contribution in [-0.4, -0.2) is 96.8 Å². The molecule has 1 aromatic heterocycles. The molecule has 0 radical (unpaired) electrons. The molecule has 3 saturated heterocycles. The van der Waals surface area contributed by atoms with Gasteiger partial charge in [0.05, 0.1) is 37.9 Å². The molecule has 2 amide bonds. The van der Waals surface area contributed by atoms with Gasteiger partial charge in [-0.2, -0.15) is 15.0 Å². The van der Waals surface area contributed by atoms with E-state index in [-0.39, 0.29) is 30.3 Å². The van der Waals surface area contributed by atoms with Crippen LogP contribution in [0.2, 0.25) is 0 Å². The molecule has 3 aromatic rings. The summed E-state index contributed by atoms with van der Waals surface area (Å²) in [4.78, 5) is 45.0. The van der Waals surface area contributed by atoms with E-state index in [0.717, 1.165) is 22.9 Å². The molecular weight excluding hydrogens is 572 g/mol. The zero-order valence-corrected chi connectivity index (χ0v) is 24.6. The van der Waals surface area contributed by atoms with Gasteiger partial charge in [-0.05, 0) is 60.2 Å². The summed E-state index contributed by atoms with van der Waals surface area (Å²) in [6.07, 6.45) is 1.70. The van der Waals surface area contributed by atoms with E-state index >= 15 is 0 Å². The highest BCUT2D eigenvalue weighted by Gasteiger charge is 2.34. The Labute approximate surface area is 253 Å². The summed E-state index contributed by atoms with van der Waals surface area (Å²) in [6, 6.07) is 15.0. The monoisotopic (exact) mass is 604 g/mol. The van der Waals surface area contributed by atoms with Gasteiger partial charge in [0.15, 0.2) is 0 Å². The van der Waals surface area contributed by atoms with Crippen LogP contribution in [0.5, 0.6) is 17.5 Å². The maximum absolute atomic E-state index is 12.9. The standard InChI is InChI=1S/C30H32N6O6S/c1-21-3-2-4-24(19-21)41-18-13-36-26(37)25(43-30(36)38)20-22-5-7-23(8-6-22)42-29-32-27(34-9-14-39-15-10-34)31-28(33-29)35-11-16-40-17-12-35/h2-8,19-20H,9-18H2,1H3/b25-20-. The fourth-order valence-electron chi connectivity index (χ4n) is 4.73. The number of hydrogen-bond acceptors (Lipinski definition) is 12. The van der Waals surface area contributed by atoms with Gasteiger partial charge in [0.25, 0.3) is 11.1 Å². The Kier molecular flexibility index (Phi) is 9.01. The highest BCUT2D eigenvalue weighted by molar-refractivity contribution is 8.18. The van der Waals surface area contributed by atoms with E-state index in [1.165, 1.54) is 4.90 Å². The van der Waals surface area contributed by atoms with Crippen LogP contribution in [0.15, 0.2) is 53.4 Å². The number of morpholine rings is 2. The Morgan fingerprint density at radius 2 is 1.51 bits per heavy atom. The summed E-state index contributed by atoms with van der Waals surface area (Å²) in [5.74, 6) is 2.00. The number of imide groups is 1. The van der Waals surface area contributed by atoms with Crippen molar-refractivity contribution in [1.29, 1.82) is 0 Å². The number of nitrogens with zero attached hydrogens (tertiary/aromatic N) is 6. The third kappa shape index (κ3) is 7.24. The first-order chi connectivity index (χ1) is 21.0. The molecule has 6 rings (SSSR count). The smallest absolute Gasteiger partial charge is 0.328 e. The van der Waals surface area contributed by atoms with E-state index in [2.05, 4.69) is 19.8 Å². The van der Waals surface area contributed by atoms with Crippen molar-refractivity contribution < 1.29 is 28.5 Å². The van der Waals surface area contributed by atoms with Crippen LogP contribution in [0, 0.1) is 6.92 Å². The molecule has 2 aromatic carbocycles. The molecule has 12 nitrogen and oxygen atoms in total. The SMILES string of the molecule is Cc1cccc(OCCN2C(=O)S/C(=C\c3ccc(Oc4nc(N5CCOCC5)nc(N5CCOCC5)n4)cc3)C2=O)c1. The zero-order chi connectivity index (χ0) is 29.6. The Hall–Kier alpha value is -4.20. The maximum Gasteiger partial charge on any atom is 0.328 e. The molecule has 3 aliphatic heterocycles. The Bertz CT molecular complexity index is 1450. The normalized spacial score (nSPS) is 18.4. The Morgan fingerprint density at radius 3 is 2.14 bits per heavy atom. The van der Waals surface area contributed by atoms with Crippen LogP contribution in [0.25, 0.3) is 6.08 Å². The summed E-state index contributed by atoms with van der Waals surface area (Å²) in [5, 5.41) is -0.314. The average molecular weight is 605 g/mol. The molecule has 224 valence electrons. The quantitative estimate of drug-likeness (QED) is 0.331. The van der Waals surface area contributed by atoms with Gasteiger partial charge in [-0.3, -0.25) is 14.5 Å². The predicted molar refractivity (Wildman–Crippen MR) is 162 cm³/mol. The van der Waals surface area contributed by atoms with E-state index in [4.69, 9.17) is 23.9 Å². The van der Waals surface area contributed by atoms with Crippen molar-refractivity contribution in [3.8, 4) is 17.5 Å². The van der Waals surface area contributed by atoms with Gasteiger partial charge in [0, 0.05) is 26.2 Å². The number of anilines is 2. The molecule has 43 heavy (non-hydrogen) atoms. The number of aromatic nitrogens is 3. The molecule has 0 N–H and O–H groups in total. The second-order valence-corrected chi connectivity index (χ2v) is 11.1. The van der Waals surface area contributed by atoms with Crippen LogP contribution in [-0.2, 0) is 14.3 Å². The molecule has 3 fully saturated rings. The van der Waals surface area contributed by atoms with Crippen molar-refractivity contribution >= 4 is 40.9 Å². The molecule has 0 spiro atoms. The first-order valence-electron chi connectivity index (χ1n) is 14.2. The lowest BCUT2D eigenvalue weighted by Gasteiger charge is -2.30. The minimum atomic E-state index is -0.334. The molecule has 0 atom stereocenters. The molecule has 13 heteroatoms. The number of benzene rings is 2. The molecular formula is C30H32N6O6S. The topological polar surface area (TPSA) is 119 Å². The minimum Gasteiger partial charge on any atom is -0.492 e. The number of aryl methyl sites for hydroxylation is 1. The Balaban J connectivity index is 1.11. The van der Waals surface area contributed by atoms with E-state index in [1.54, 1.807) is 18.2 Å². The fraction of sp³-hybridized carbons (Fsp3) is 0.367. The van der Waals surface area contributed by atoms with Gasteiger partial charge >= 0.3 is 6.01 Å². The molecule has 0 bridgehead atoms. The van der Waals surface area contributed by atoms with Gasteiger partial charge in [-0.25, -0.2) is 0 Å². The van der Waals surface area contributed by atoms with Crippen LogP contribution < -0.4 is 19.3 Å². The molecule has 0 saturated carbocycles. The second kappa shape index (κ2) is 13.4. The third-order valence-electron chi connectivity index (χ3n) is 7.01. The van der Waals surface area contributed by atoms with E-state index in [0.29, 0.717) is 80.9 Å². The minimum absolute atomic E-state index is 0.174. The molecule has 0 aliphatic carbocycles. The van der Waals surface area contributed by atoms with Crippen LogP contribution in [0.1, 0.15) is 11.1 Å². The average Bonchev–Trinajstić information content (AvgIpc) is 3.30. The largest absolute Gasteiger partial charge is 0.492 e. The summed E-state index contributed by atoms with van der Waals surface area (Å²) >= 11 is 0.920. The molecule has 4 heterocycles. The predicted octanol–water partition coefficient (Wildman–Crippen LogP) is 3.76. The second-order valence-electron chi connectivity index (χ2n) is 10.1. The van der Waals surface area contributed by atoms with Gasteiger partial charge in [-0.15, -0.1) is 0 Å². The summed E-state index contributed by atoms with van der Waals surface area (Å²) in [5.41, 5.74) is 1.83. The lowest BCUT2D eigenvalue weighted by atomic mass is 10.2.